The summed E-state index contributed by atoms with van der Waals surface area (Å²) in [7, 11) is 0. The Morgan fingerprint density at radius 1 is 0.933 bits per heavy atom. The van der Waals surface area contributed by atoms with Gasteiger partial charge in [0.05, 0.1) is 17.3 Å². The van der Waals surface area contributed by atoms with Crippen molar-refractivity contribution in [1.82, 2.24) is 0 Å². The Kier molecular flexibility index (Phi) is 5.10. The molecular weight excluding hydrogens is 412 g/mol. The summed E-state index contributed by atoms with van der Waals surface area (Å²) in [5.74, 6) is -4.26. The molecule has 1 unspecified atom stereocenters. The molecule has 1 fully saturated rings. The number of benzene rings is 3. The molecule has 0 aromatic heterocycles. The highest BCUT2D eigenvalue weighted by atomic mass is 35.5. The fraction of sp³-hybridized carbons (Fsp3) is 0.0435. The molecule has 4 rings (SSSR count). The van der Waals surface area contributed by atoms with E-state index in [0.29, 0.717) is 16.7 Å². The first-order valence-corrected chi connectivity index (χ1v) is 9.33. The quantitative estimate of drug-likeness (QED) is 0.354. The molecule has 4 nitrogen and oxygen atoms in total. The molecule has 7 heteroatoms. The summed E-state index contributed by atoms with van der Waals surface area (Å²) < 4.78 is 28.0. The number of anilines is 1. The Hall–Kier alpha value is -3.51. The van der Waals surface area contributed by atoms with E-state index in [1.165, 1.54) is 12.1 Å². The highest BCUT2D eigenvalue weighted by Crippen LogP contribution is 2.43. The predicted octanol–water partition coefficient (Wildman–Crippen LogP) is 5.24. The molecule has 0 aliphatic carbocycles. The Labute approximate surface area is 175 Å². The smallest absolute Gasteiger partial charge is 0.300 e. The zero-order valence-corrected chi connectivity index (χ0v) is 16.1. The molecule has 0 saturated carbocycles. The molecule has 1 amide bonds. The number of hydrogen-bond donors (Lipinski definition) is 1. The second-order valence-electron chi connectivity index (χ2n) is 6.69. The molecule has 1 N–H and O–H groups in total. The molecule has 0 radical (unpaired) electrons. The minimum Gasteiger partial charge on any atom is -0.507 e. The van der Waals surface area contributed by atoms with Gasteiger partial charge in [0.15, 0.2) is 0 Å². The molecule has 3 aromatic carbocycles. The van der Waals surface area contributed by atoms with Crippen molar-refractivity contribution in [2.45, 2.75) is 6.04 Å². The van der Waals surface area contributed by atoms with Gasteiger partial charge in [0.1, 0.15) is 17.4 Å². The van der Waals surface area contributed by atoms with E-state index in [1.54, 1.807) is 42.5 Å². The number of ketones is 1. The number of halogens is 3. The average molecular weight is 426 g/mol. The maximum Gasteiger partial charge on any atom is 0.300 e. The van der Waals surface area contributed by atoms with Crippen LogP contribution >= 0.6 is 11.6 Å². The van der Waals surface area contributed by atoms with Crippen LogP contribution in [0.5, 0.6) is 0 Å². The van der Waals surface area contributed by atoms with Crippen LogP contribution in [-0.4, -0.2) is 16.8 Å². The summed E-state index contributed by atoms with van der Waals surface area (Å²) in [6, 6.07) is 16.2. The molecule has 0 bridgehead atoms. The molecule has 0 spiro atoms. The van der Waals surface area contributed by atoms with Crippen molar-refractivity contribution < 1.29 is 23.5 Å². The molecule has 3 aromatic rings. The van der Waals surface area contributed by atoms with Crippen molar-refractivity contribution in [2.24, 2.45) is 0 Å². The van der Waals surface area contributed by atoms with E-state index in [4.69, 9.17) is 11.6 Å². The summed E-state index contributed by atoms with van der Waals surface area (Å²) in [5, 5.41) is 11.2. The van der Waals surface area contributed by atoms with E-state index in [-0.39, 0.29) is 16.8 Å². The van der Waals surface area contributed by atoms with Crippen LogP contribution in [0.15, 0.2) is 78.4 Å². The number of carbonyl (C=O) groups is 2. The predicted molar refractivity (Wildman–Crippen MR) is 109 cm³/mol. The molecular formula is C23H14ClF2NO3. The van der Waals surface area contributed by atoms with E-state index < -0.39 is 35.1 Å². The van der Waals surface area contributed by atoms with Crippen LogP contribution in [0, 0.1) is 11.6 Å². The minimum atomic E-state index is -1.11. The van der Waals surface area contributed by atoms with Gasteiger partial charge >= 0.3 is 0 Å². The number of Topliss-reactive ketones (excluding diaryl/α,β-unsaturated/α-hetero) is 1. The molecule has 150 valence electrons. The van der Waals surface area contributed by atoms with E-state index in [1.807, 2.05) is 0 Å². The lowest BCUT2D eigenvalue weighted by Crippen LogP contribution is -2.30. The van der Waals surface area contributed by atoms with Gasteiger partial charge in [0, 0.05) is 16.7 Å². The summed E-state index contributed by atoms with van der Waals surface area (Å²) in [6.45, 7) is 0. The zero-order valence-electron chi connectivity index (χ0n) is 15.4. The Balaban J connectivity index is 1.97. The molecule has 1 saturated heterocycles. The maximum atomic E-state index is 14.6. The number of aliphatic hydroxyl groups excluding tert-OH is 1. The van der Waals surface area contributed by atoms with Crippen molar-refractivity contribution >= 4 is 34.7 Å². The summed E-state index contributed by atoms with van der Waals surface area (Å²) in [6.07, 6.45) is 0. The van der Waals surface area contributed by atoms with Crippen molar-refractivity contribution in [3.63, 3.8) is 0 Å². The van der Waals surface area contributed by atoms with E-state index in [2.05, 4.69) is 0 Å². The van der Waals surface area contributed by atoms with Gasteiger partial charge in [-0.25, -0.2) is 8.78 Å². The van der Waals surface area contributed by atoms with E-state index in [9.17, 15) is 23.5 Å². The highest BCUT2D eigenvalue weighted by molar-refractivity contribution is 6.51. The fourth-order valence-corrected chi connectivity index (χ4v) is 3.69. The van der Waals surface area contributed by atoms with Crippen molar-refractivity contribution in [3.05, 3.63) is 106 Å². The van der Waals surface area contributed by atoms with E-state index >= 15 is 0 Å². The van der Waals surface area contributed by atoms with Crippen LogP contribution in [0.25, 0.3) is 5.76 Å². The van der Waals surface area contributed by atoms with E-state index in [0.717, 1.165) is 17.0 Å². The Bertz CT molecular complexity index is 1190. The normalized spacial score (nSPS) is 18.1. The summed E-state index contributed by atoms with van der Waals surface area (Å²) in [5.41, 5.74) is 0.236. The van der Waals surface area contributed by atoms with Gasteiger partial charge in [0.25, 0.3) is 11.7 Å². The average Bonchev–Trinajstić information content (AvgIpc) is 2.99. The Morgan fingerprint density at radius 3 is 2.33 bits per heavy atom. The first-order valence-electron chi connectivity index (χ1n) is 8.95. The van der Waals surface area contributed by atoms with Gasteiger partial charge in [-0.3, -0.25) is 14.5 Å². The first-order chi connectivity index (χ1) is 14.4. The van der Waals surface area contributed by atoms with Crippen molar-refractivity contribution in [3.8, 4) is 0 Å². The van der Waals surface area contributed by atoms with Gasteiger partial charge in [-0.15, -0.1) is 0 Å². The molecule has 1 aliphatic heterocycles. The first kappa shape index (κ1) is 19.8. The minimum absolute atomic E-state index is 0.211. The van der Waals surface area contributed by atoms with Gasteiger partial charge in [-0.1, -0.05) is 54.1 Å². The Morgan fingerprint density at radius 2 is 1.67 bits per heavy atom. The second kappa shape index (κ2) is 7.72. The SMILES string of the molecule is O=C1C(=O)N(c2ccc(F)cc2F)C(c2ccccc2)/C1=C(\O)c1cccc(Cl)c1. The van der Waals surface area contributed by atoms with Crippen LogP contribution in [0.4, 0.5) is 14.5 Å². The molecule has 1 aliphatic rings. The fourth-order valence-electron chi connectivity index (χ4n) is 3.50. The van der Waals surface area contributed by atoms with Gasteiger partial charge in [-0.2, -0.15) is 0 Å². The summed E-state index contributed by atoms with van der Waals surface area (Å²) >= 11 is 5.99. The third kappa shape index (κ3) is 3.35. The largest absolute Gasteiger partial charge is 0.507 e. The van der Waals surface area contributed by atoms with Crippen LogP contribution < -0.4 is 4.90 Å². The number of carbonyl (C=O) groups excluding carboxylic acids is 2. The number of aliphatic hydroxyl groups is 1. The zero-order chi connectivity index (χ0) is 21.4. The third-order valence-corrected chi connectivity index (χ3v) is 5.06. The summed E-state index contributed by atoms with van der Waals surface area (Å²) in [4.78, 5) is 26.7. The van der Waals surface area contributed by atoms with Crippen LogP contribution in [-0.2, 0) is 9.59 Å². The van der Waals surface area contributed by atoms with Crippen molar-refractivity contribution in [1.29, 1.82) is 0 Å². The lowest BCUT2D eigenvalue weighted by atomic mass is 9.95. The highest BCUT2D eigenvalue weighted by Gasteiger charge is 2.47. The number of rotatable bonds is 3. The van der Waals surface area contributed by atoms with Gasteiger partial charge < -0.3 is 5.11 Å². The second-order valence-corrected chi connectivity index (χ2v) is 7.12. The van der Waals surface area contributed by atoms with Gasteiger partial charge in [-0.05, 0) is 29.8 Å². The molecule has 1 heterocycles. The number of nitrogens with zero attached hydrogens (tertiary/aromatic N) is 1. The lowest BCUT2D eigenvalue weighted by Gasteiger charge is -2.25. The number of amides is 1. The molecule has 30 heavy (non-hydrogen) atoms. The van der Waals surface area contributed by atoms with Crippen LogP contribution in [0.3, 0.4) is 0 Å². The maximum absolute atomic E-state index is 14.6. The van der Waals surface area contributed by atoms with Gasteiger partial charge in [0.2, 0.25) is 0 Å². The standard InChI is InChI=1S/C23H14ClF2NO3/c24-15-8-4-7-14(11-15)21(28)19-20(13-5-2-1-3-6-13)27(23(30)22(19)29)18-10-9-16(25)12-17(18)26/h1-12,20,28H/b21-19+. The number of hydrogen-bond acceptors (Lipinski definition) is 3. The topological polar surface area (TPSA) is 57.6 Å². The molecule has 1 atom stereocenters. The monoisotopic (exact) mass is 425 g/mol. The third-order valence-electron chi connectivity index (χ3n) is 4.83. The van der Waals surface area contributed by atoms with Crippen molar-refractivity contribution in [2.75, 3.05) is 4.90 Å². The lowest BCUT2D eigenvalue weighted by molar-refractivity contribution is -0.132. The van der Waals surface area contributed by atoms with Crippen LogP contribution in [0.1, 0.15) is 17.2 Å². The van der Waals surface area contributed by atoms with Crippen LogP contribution in [0.2, 0.25) is 5.02 Å².